The summed E-state index contributed by atoms with van der Waals surface area (Å²) in [5, 5.41) is 8.76. The molecule has 0 aromatic carbocycles. The molecule has 0 aliphatic carbocycles. The highest BCUT2D eigenvalue weighted by Gasteiger charge is 2.23. The Kier molecular flexibility index (Phi) is 7.68. The molecule has 2 N–H and O–H groups in total. The maximum Gasteiger partial charge on any atom is 0.341 e. The molecule has 0 radical (unpaired) electrons. The van der Waals surface area contributed by atoms with Crippen LogP contribution in [0.1, 0.15) is 32.8 Å². The molecule has 158 valence electrons. The Morgan fingerprint density at radius 2 is 2.17 bits per heavy atom. The largest absolute Gasteiger partial charge is 0.465 e. The molecular weight excluding hydrogens is 392 g/mol. The van der Waals surface area contributed by atoms with Gasteiger partial charge in [-0.15, -0.1) is 11.3 Å². The predicted octanol–water partition coefficient (Wildman–Crippen LogP) is 2.17. The fourth-order valence-electron chi connectivity index (χ4n) is 3.31. The van der Waals surface area contributed by atoms with Gasteiger partial charge in [0.15, 0.2) is 5.96 Å². The molecule has 9 heteroatoms. The number of carbonyl (C=O) groups is 1. The number of aliphatic imine (C=N–C) groups is 1. The van der Waals surface area contributed by atoms with Gasteiger partial charge in [0.05, 0.1) is 32.9 Å². The third-order valence-corrected chi connectivity index (χ3v) is 5.82. The van der Waals surface area contributed by atoms with Gasteiger partial charge in [0.25, 0.3) is 0 Å². The summed E-state index contributed by atoms with van der Waals surface area (Å²) in [5.74, 6) is 1.47. The summed E-state index contributed by atoms with van der Waals surface area (Å²) >= 11 is 1.76. The van der Waals surface area contributed by atoms with Crippen molar-refractivity contribution in [2.75, 3.05) is 47.0 Å². The van der Waals surface area contributed by atoms with Crippen LogP contribution in [0.4, 0.5) is 0 Å². The summed E-state index contributed by atoms with van der Waals surface area (Å²) in [7, 11) is 3.09. The molecule has 1 saturated heterocycles. The Balaban J connectivity index is 1.58. The monoisotopic (exact) mass is 420 g/mol. The highest BCUT2D eigenvalue weighted by atomic mass is 32.1. The summed E-state index contributed by atoms with van der Waals surface area (Å²) in [4.78, 5) is 19.8. The number of aryl methyl sites for hydroxylation is 1. The van der Waals surface area contributed by atoms with E-state index in [1.165, 1.54) is 12.0 Å². The number of guanidine groups is 1. The Hall–Kier alpha value is -2.36. The van der Waals surface area contributed by atoms with Crippen LogP contribution in [0, 0.1) is 6.92 Å². The summed E-state index contributed by atoms with van der Waals surface area (Å²) in [5.41, 5.74) is 0.442. The Morgan fingerprint density at radius 1 is 1.38 bits per heavy atom. The van der Waals surface area contributed by atoms with Crippen molar-refractivity contribution in [3.05, 3.63) is 45.5 Å². The topological polar surface area (TPSA) is 88.3 Å². The van der Waals surface area contributed by atoms with Gasteiger partial charge in [-0.1, -0.05) is 6.07 Å². The molecule has 2 aromatic rings. The van der Waals surface area contributed by atoms with E-state index in [1.54, 1.807) is 31.4 Å². The first-order valence-electron chi connectivity index (χ1n) is 9.59. The van der Waals surface area contributed by atoms with E-state index in [9.17, 15) is 4.79 Å². The van der Waals surface area contributed by atoms with Crippen LogP contribution in [0.25, 0.3) is 0 Å². The Labute approximate surface area is 174 Å². The number of methoxy groups -OCH3 is 1. The quantitative estimate of drug-likeness (QED) is 0.403. The number of rotatable bonds is 7. The van der Waals surface area contributed by atoms with E-state index in [4.69, 9.17) is 13.9 Å². The standard InChI is InChI=1S/C20H28N4O4S/c1-14-16(19(25)26-3)11-15(28-14)12-22-20(21-2)23-13-17(18-5-4-10-29-18)24-6-8-27-9-7-24/h4-5,10-11,17H,6-9,12-13H2,1-3H3,(H2,21,22,23). The van der Waals surface area contributed by atoms with Gasteiger partial charge >= 0.3 is 5.97 Å². The number of hydrogen-bond acceptors (Lipinski definition) is 7. The maximum absolute atomic E-state index is 11.7. The lowest BCUT2D eigenvalue weighted by atomic mass is 10.2. The van der Waals surface area contributed by atoms with Crippen LogP contribution < -0.4 is 10.6 Å². The first-order valence-corrected chi connectivity index (χ1v) is 10.5. The van der Waals surface area contributed by atoms with E-state index in [0.29, 0.717) is 29.6 Å². The van der Waals surface area contributed by atoms with E-state index >= 15 is 0 Å². The van der Waals surface area contributed by atoms with Gasteiger partial charge in [0.1, 0.15) is 17.1 Å². The molecule has 3 heterocycles. The summed E-state index contributed by atoms with van der Waals surface area (Å²) in [6.45, 7) is 6.24. The van der Waals surface area contributed by atoms with Crippen molar-refractivity contribution in [2.24, 2.45) is 4.99 Å². The summed E-state index contributed by atoms with van der Waals surface area (Å²) in [6, 6.07) is 6.21. The molecular formula is C20H28N4O4S. The molecule has 1 aliphatic rings. The van der Waals surface area contributed by atoms with Crippen LogP contribution in [0.2, 0.25) is 0 Å². The minimum Gasteiger partial charge on any atom is -0.465 e. The average molecular weight is 421 g/mol. The van der Waals surface area contributed by atoms with Gasteiger partial charge in [-0.2, -0.15) is 0 Å². The van der Waals surface area contributed by atoms with E-state index in [2.05, 4.69) is 38.0 Å². The fraction of sp³-hybridized carbons (Fsp3) is 0.500. The zero-order chi connectivity index (χ0) is 20.6. The number of nitrogens with zero attached hydrogens (tertiary/aromatic N) is 2. The average Bonchev–Trinajstić information content (AvgIpc) is 3.40. The van der Waals surface area contributed by atoms with Gasteiger partial charge in [-0.05, 0) is 24.4 Å². The van der Waals surface area contributed by atoms with Crippen LogP contribution in [0.5, 0.6) is 0 Å². The summed E-state index contributed by atoms with van der Waals surface area (Å²) in [6.07, 6.45) is 0. The first-order chi connectivity index (χ1) is 14.1. The lowest BCUT2D eigenvalue weighted by Gasteiger charge is -2.34. The smallest absolute Gasteiger partial charge is 0.341 e. The van der Waals surface area contributed by atoms with Gasteiger partial charge in [-0.25, -0.2) is 4.79 Å². The molecule has 0 amide bonds. The van der Waals surface area contributed by atoms with E-state index in [0.717, 1.165) is 32.8 Å². The van der Waals surface area contributed by atoms with Gasteiger partial charge in [-0.3, -0.25) is 9.89 Å². The number of furan rings is 1. The zero-order valence-corrected chi connectivity index (χ0v) is 17.9. The highest BCUT2D eigenvalue weighted by Crippen LogP contribution is 2.25. The summed E-state index contributed by atoms with van der Waals surface area (Å²) < 4.78 is 15.9. The molecule has 1 aliphatic heterocycles. The van der Waals surface area contributed by atoms with Gasteiger partial charge in [0, 0.05) is 31.6 Å². The molecule has 1 atom stereocenters. The molecule has 1 fully saturated rings. The molecule has 0 bridgehead atoms. The number of ether oxygens (including phenoxy) is 2. The maximum atomic E-state index is 11.7. The minimum absolute atomic E-state index is 0.259. The molecule has 3 rings (SSSR count). The zero-order valence-electron chi connectivity index (χ0n) is 17.1. The molecule has 8 nitrogen and oxygen atoms in total. The lowest BCUT2D eigenvalue weighted by Crippen LogP contribution is -2.46. The highest BCUT2D eigenvalue weighted by molar-refractivity contribution is 7.10. The van der Waals surface area contributed by atoms with Crippen molar-refractivity contribution in [1.82, 2.24) is 15.5 Å². The van der Waals surface area contributed by atoms with Crippen molar-refractivity contribution < 1.29 is 18.7 Å². The second kappa shape index (κ2) is 10.4. The van der Waals surface area contributed by atoms with Crippen LogP contribution in [-0.2, 0) is 16.0 Å². The molecule has 2 aromatic heterocycles. The first kappa shape index (κ1) is 21.4. The van der Waals surface area contributed by atoms with Crippen molar-refractivity contribution in [3.63, 3.8) is 0 Å². The van der Waals surface area contributed by atoms with Crippen LogP contribution >= 0.6 is 11.3 Å². The normalized spacial score (nSPS) is 16.4. The number of thiophene rings is 1. The number of esters is 1. The van der Waals surface area contributed by atoms with Crippen molar-refractivity contribution in [3.8, 4) is 0 Å². The fourth-order valence-corrected chi connectivity index (χ4v) is 4.17. The lowest BCUT2D eigenvalue weighted by molar-refractivity contribution is 0.0177. The van der Waals surface area contributed by atoms with E-state index in [-0.39, 0.29) is 6.04 Å². The van der Waals surface area contributed by atoms with Crippen LogP contribution in [0.3, 0.4) is 0 Å². The second-order valence-electron chi connectivity index (χ2n) is 6.66. The Bertz CT molecular complexity index is 813. The van der Waals surface area contributed by atoms with Gasteiger partial charge < -0.3 is 24.5 Å². The number of nitrogens with one attached hydrogen (secondary N) is 2. The van der Waals surface area contributed by atoms with Crippen molar-refractivity contribution >= 4 is 23.3 Å². The molecule has 0 spiro atoms. The van der Waals surface area contributed by atoms with Gasteiger partial charge in [0.2, 0.25) is 0 Å². The SMILES string of the molecule is CN=C(NCc1cc(C(=O)OC)c(C)o1)NCC(c1cccs1)N1CCOCC1. The van der Waals surface area contributed by atoms with E-state index < -0.39 is 5.97 Å². The van der Waals surface area contributed by atoms with Crippen LogP contribution in [0.15, 0.2) is 33.0 Å². The Morgan fingerprint density at radius 3 is 2.83 bits per heavy atom. The van der Waals surface area contributed by atoms with E-state index in [1.807, 2.05) is 0 Å². The number of carbonyl (C=O) groups excluding carboxylic acids is 1. The van der Waals surface area contributed by atoms with Crippen LogP contribution in [-0.4, -0.2) is 63.8 Å². The molecule has 1 unspecified atom stereocenters. The second-order valence-corrected chi connectivity index (χ2v) is 7.64. The van der Waals surface area contributed by atoms with Crippen molar-refractivity contribution in [2.45, 2.75) is 19.5 Å². The van der Waals surface area contributed by atoms with Crippen molar-refractivity contribution in [1.29, 1.82) is 0 Å². The molecule has 0 saturated carbocycles. The predicted molar refractivity (Wildman–Crippen MR) is 112 cm³/mol. The number of morpholine rings is 1. The third kappa shape index (κ3) is 5.59. The minimum atomic E-state index is -0.399. The third-order valence-electron chi connectivity index (χ3n) is 4.85. The molecule has 29 heavy (non-hydrogen) atoms. The number of hydrogen-bond donors (Lipinski definition) is 2.